The molecule has 1 aliphatic carbocycles. The molecule has 0 bridgehead atoms. The molecule has 0 amide bonds. The number of nitrogens with zero attached hydrogens (tertiary/aromatic N) is 3. The van der Waals surface area contributed by atoms with Gasteiger partial charge in [-0.1, -0.05) is 12.1 Å². The van der Waals surface area contributed by atoms with Crippen molar-refractivity contribution < 1.29 is 19.2 Å². The molecular weight excluding hydrogens is 393 g/mol. The molecule has 5 rings (SSSR count). The lowest BCUT2D eigenvalue weighted by atomic mass is 10.1. The van der Waals surface area contributed by atoms with E-state index in [2.05, 4.69) is 0 Å². The van der Waals surface area contributed by atoms with Crippen LogP contribution in [0.2, 0.25) is 0 Å². The summed E-state index contributed by atoms with van der Waals surface area (Å²) in [6.45, 7) is 0.482. The molecule has 0 saturated heterocycles. The molecule has 2 aromatic carbocycles. The highest BCUT2D eigenvalue weighted by Crippen LogP contribution is 2.40. The number of pyridine rings is 1. The SMILES string of the molecule is O=C(O)c1cn(C2CC2)c2cc(N3Cc4cccc([N+](=O)[O-])c4C3)c(F)cc2c1=O. The first kappa shape index (κ1) is 18.3. The van der Waals surface area contributed by atoms with Crippen molar-refractivity contribution in [2.45, 2.75) is 32.0 Å². The van der Waals surface area contributed by atoms with E-state index in [4.69, 9.17) is 0 Å². The summed E-state index contributed by atoms with van der Waals surface area (Å²) >= 11 is 0. The summed E-state index contributed by atoms with van der Waals surface area (Å²) in [5, 5.41) is 20.7. The number of hydrogen-bond donors (Lipinski definition) is 1. The van der Waals surface area contributed by atoms with Gasteiger partial charge in [-0.25, -0.2) is 9.18 Å². The number of halogens is 1. The van der Waals surface area contributed by atoms with Crippen LogP contribution in [0.4, 0.5) is 15.8 Å². The number of carbonyl (C=O) groups is 1. The van der Waals surface area contributed by atoms with Gasteiger partial charge in [-0.05, 0) is 30.5 Å². The van der Waals surface area contributed by atoms with E-state index >= 15 is 4.39 Å². The predicted octanol–water partition coefficient (Wildman–Crippen LogP) is 3.60. The van der Waals surface area contributed by atoms with Crippen LogP contribution in [0.5, 0.6) is 0 Å². The van der Waals surface area contributed by atoms with Crippen molar-refractivity contribution in [1.29, 1.82) is 0 Å². The molecule has 2 aliphatic rings. The van der Waals surface area contributed by atoms with Gasteiger partial charge in [0, 0.05) is 30.2 Å². The standard InChI is InChI=1S/C21H16FN3O5/c22-16-6-13-18(24(12-4-5-12)10-15(20(13)26)21(27)28)7-19(16)23-8-11-2-1-3-17(25(29)30)14(11)9-23/h1-3,6-7,10,12H,4-5,8-9H2,(H,27,28). The van der Waals surface area contributed by atoms with Crippen LogP contribution >= 0.6 is 0 Å². The minimum absolute atomic E-state index is 0.00261. The Morgan fingerprint density at radius 3 is 2.67 bits per heavy atom. The third-order valence-corrected chi connectivity index (χ3v) is 5.77. The van der Waals surface area contributed by atoms with Gasteiger partial charge in [0.15, 0.2) is 0 Å². The van der Waals surface area contributed by atoms with Gasteiger partial charge in [0.1, 0.15) is 11.4 Å². The van der Waals surface area contributed by atoms with Gasteiger partial charge in [0.2, 0.25) is 5.43 Å². The molecule has 8 nitrogen and oxygen atoms in total. The first-order valence-electron chi connectivity index (χ1n) is 9.47. The van der Waals surface area contributed by atoms with Crippen LogP contribution in [0.3, 0.4) is 0 Å². The number of nitro benzene ring substituents is 1. The summed E-state index contributed by atoms with van der Waals surface area (Å²) < 4.78 is 16.8. The highest BCUT2D eigenvalue weighted by atomic mass is 19.1. The van der Waals surface area contributed by atoms with Crippen LogP contribution in [0, 0.1) is 15.9 Å². The molecule has 0 spiro atoms. The summed E-state index contributed by atoms with van der Waals surface area (Å²) in [7, 11) is 0. The maximum absolute atomic E-state index is 15.0. The van der Waals surface area contributed by atoms with Gasteiger partial charge < -0.3 is 14.6 Å². The second kappa shape index (κ2) is 6.38. The first-order valence-corrected chi connectivity index (χ1v) is 9.47. The van der Waals surface area contributed by atoms with E-state index in [1.54, 1.807) is 27.7 Å². The summed E-state index contributed by atoms with van der Waals surface area (Å²) in [6.07, 6.45) is 3.03. The van der Waals surface area contributed by atoms with E-state index in [9.17, 15) is 24.8 Å². The molecule has 1 fully saturated rings. The zero-order valence-corrected chi connectivity index (χ0v) is 15.7. The monoisotopic (exact) mass is 409 g/mol. The van der Waals surface area contributed by atoms with E-state index in [1.165, 1.54) is 12.3 Å². The largest absolute Gasteiger partial charge is 0.477 e. The number of anilines is 1. The van der Waals surface area contributed by atoms with E-state index in [0.717, 1.165) is 24.5 Å². The van der Waals surface area contributed by atoms with Crippen molar-refractivity contribution in [3.63, 3.8) is 0 Å². The van der Waals surface area contributed by atoms with Gasteiger partial charge in [-0.3, -0.25) is 14.9 Å². The van der Waals surface area contributed by atoms with Crippen LogP contribution in [0.15, 0.2) is 41.3 Å². The average Bonchev–Trinajstić information content (AvgIpc) is 3.45. The van der Waals surface area contributed by atoms with Crippen LogP contribution in [0.1, 0.15) is 40.4 Å². The average molecular weight is 409 g/mol. The lowest BCUT2D eigenvalue weighted by Gasteiger charge is -2.20. The number of benzene rings is 2. The van der Waals surface area contributed by atoms with Crippen LogP contribution in [-0.4, -0.2) is 20.6 Å². The molecule has 0 atom stereocenters. The third-order valence-electron chi connectivity index (χ3n) is 5.77. The lowest BCUT2D eigenvalue weighted by Crippen LogP contribution is -2.21. The number of rotatable bonds is 4. The molecule has 1 N–H and O–H groups in total. The van der Waals surface area contributed by atoms with Gasteiger partial charge in [0.25, 0.3) is 5.69 Å². The number of hydrogen-bond acceptors (Lipinski definition) is 5. The highest BCUT2D eigenvalue weighted by Gasteiger charge is 2.31. The molecular formula is C21H16FN3O5. The van der Waals surface area contributed by atoms with Gasteiger partial charge in [-0.15, -0.1) is 0 Å². The second-order valence-electron chi connectivity index (χ2n) is 7.66. The molecule has 30 heavy (non-hydrogen) atoms. The van der Waals surface area contributed by atoms with Gasteiger partial charge in [0.05, 0.1) is 28.2 Å². The Bertz CT molecular complexity index is 1310. The number of nitro groups is 1. The predicted molar refractivity (Wildman–Crippen MR) is 106 cm³/mol. The molecule has 2 heterocycles. The van der Waals surface area contributed by atoms with E-state index < -0.39 is 22.1 Å². The minimum atomic E-state index is -1.34. The van der Waals surface area contributed by atoms with Gasteiger partial charge in [-0.2, -0.15) is 0 Å². The molecule has 3 aromatic rings. The van der Waals surface area contributed by atoms with Crippen molar-refractivity contribution >= 4 is 28.2 Å². The van der Waals surface area contributed by atoms with Crippen LogP contribution in [0.25, 0.3) is 10.9 Å². The zero-order chi connectivity index (χ0) is 21.2. The Morgan fingerprint density at radius 1 is 1.23 bits per heavy atom. The molecule has 152 valence electrons. The Labute approximate surface area is 168 Å². The second-order valence-corrected chi connectivity index (χ2v) is 7.66. The zero-order valence-electron chi connectivity index (χ0n) is 15.7. The number of carboxylic acid groups (broad SMARTS) is 1. The minimum Gasteiger partial charge on any atom is -0.477 e. The van der Waals surface area contributed by atoms with Crippen LogP contribution < -0.4 is 10.3 Å². The fourth-order valence-corrected chi connectivity index (χ4v) is 4.15. The summed E-state index contributed by atoms with van der Waals surface area (Å²) in [6, 6.07) is 7.51. The van der Waals surface area contributed by atoms with Crippen LogP contribution in [-0.2, 0) is 13.1 Å². The van der Waals surface area contributed by atoms with Crippen molar-refractivity contribution in [2.75, 3.05) is 4.90 Å². The Hall–Kier alpha value is -3.75. The number of aromatic nitrogens is 1. The number of fused-ring (bicyclic) bond motifs is 2. The normalized spacial score (nSPS) is 15.4. The topological polar surface area (TPSA) is 106 Å². The van der Waals surface area contributed by atoms with Crippen molar-refractivity contribution in [3.05, 3.63) is 79.4 Å². The van der Waals surface area contributed by atoms with Crippen molar-refractivity contribution in [1.82, 2.24) is 4.57 Å². The van der Waals surface area contributed by atoms with Crippen molar-refractivity contribution in [2.24, 2.45) is 0 Å². The number of aromatic carboxylic acids is 1. The third kappa shape index (κ3) is 2.73. The summed E-state index contributed by atoms with van der Waals surface area (Å²) in [4.78, 5) is 36.6. The molecule has 1 saturated carbocycles. The smallest absolute Gasteiger partial charge is 0.341 e. The molecule has 1 aromatic heterocycles. The molecule has 0 unspecified atom stereocenters. The van der Waals surface area contributed by atoms with Gasteiger partial charge >= 0.3 is 5.97 Å². The fraction of sp³-hybridized carbons (Fsp3) is 0.238. The Balaban J connectivity index is 1.66. The summed E-state index contributed by atoms with van der Waals surface area (Å²) in [5.74, 6) is -2.01. The molecule has 9 heteroatoms. The summed E-state index contributed by atoms with van der Waals surface area (Å²) in [5.41, 5.74) is 0.884. The highest BCUT2D eigenvalue weighted by molar-refractivity contribution is 5.93. The van der Waals surface area contributed by atoms with Crippen molar-refractivity contribution in [3.8, 4) is 0 Å². The lowest BCUT2D eigenvalue weighted by molar-refractivity contribution is -0.385. The van der Waals surface area contributed by atoms with E-state index in [1.807, 2.05) is 0 Å². The maximum Gasteiger partial charge on any atom is 0.341 e. The fourth-order valence-electron chi connectivity index (χ4n) is 4.15. The molecule has 0 radical (unpaired) electrons. The Kier molecular flexibility index (Phi) is 3.89. The first-order chi connectivity index (χ1) is 14.3. The maximum atomic E-state index is 15.0. The number of carboxylic acids is 1. The van der Waals surface area contributed by atoms with E-state index in [-0.39, 0.29) is 34.9 Å². The van der Waals surface area contributed by atoms with E-state index in [0.29, 0.717) is 17.6 Å². The quantitative estimate of drug-likeness (QED) is 0.521. The Morgan fingerprint density at radius 2 is 2.00 bits per heavy atom. The molecule has 1 aliphatic heterocycles.